The Morgan fingerprint density at radius 3 is 2.57 bits per heavy atom. The van der Waals surface area contributed by atoms with Gasteiger partial charge in [0.1, 0.15) is 11.9 Å². The summed E-state index contributed by atoms with van der Waals surface area (Å²) in [6, 6.07) is 12.6. The molecule has 0 N–H and O–H groups in total. The lowest BCUT2D eigenvalue weighted by molar-refractivity contribution is -0.139. The lowest BCUT2D eigenvalue weighted by atomic mass is 9.91. The number of hydrogen-bond acceptors (Lipinski definition) is 4. The van der Waals surface area contributed by atoms with E-state index in [0.717, 1.165) is 0 Å². The van der Waals surface area contributed by atoms with Crippen LogP contribution in [0.4, 0.5) is 0 Å². The van der Waals surface area contributed by atoms with Crippen molar-refractivity contribution in [1.29, 1.82) is 0 Å². The molecule has 21 heavy (non-hydrogen) atoms. The number of ether oxygens (including phenoxy) is 1. The third-order valence-corrected chi connectivity index (χ3v) is 3.48. The quantitative estimate of drug-likeness (QED) is 0.624. The Kier molecular flexibility index (Phi) is 3.69. The number of ketones is 1. The number of rotatable bonds is 5. The van der Waals surface area contributed by atoms with Gasteiger partial charge in [-0.2, -0.15) is 0 Å². The monoisotopic (exact) mass is 282 g/mol. The van der Waals surface area contributed by atoms with Gasteiger partial charge in [0.05, 0.1) is 12.2 Å². The molecular weight excluding hydrogens is 268 g/mol. The highest BCUT2D eigenvalue weighted by atomic mass is 16.5. The van der Waals surface area contributed by atoms with E-state index in [0.29, 0.717) is 11.3 Å². The minimum absolute atomic E-state index is 0.00616. The molecule has 1 aliphatic rings. The van der Waals surface area contributed by atoms with Crippen LogP contribution in [0.15, 0.2) is 65.3 Å². The maximum atomic E-state index is 12.4. The second-order valence-corrected chi connectivity index (χ2v) is 4.88. The summed E-state index contributed by atoms with van der Waals surface area (Å²) < 4.78 is 10.6. The van der Waals surface area contributed by atoms with Gasteiger partial charge in [0.25, 0.3) is 0 Å². The highest BCUT2D eigenvalue weighted by molar-refractivity contribution is 5.96. The molecule has 0 radical (unpaired) electrons. The summed E-state index contributed by atoms with van der Waals surface area (Å²) in [6.07, 6.45) is 4.37. The van der Waals surface area contributed by atoms with Gasteiger partial charge in [-0.15, -0.1) is 0 Å². The second kappa shape index (κ2) is 5.79. The number of carbonyl (C=O) groups excluding carboxylic acids is 2. The Labute approximate surface area is 122 Å². The minimum Gasteiger partial charge on any atom is -0.469 e. The molecule has 0 saturated heterocycles. The molecule has 0 spiro atoms. The van der Waals surface area contributed by atoms with E-state index >= 15 is 0 Å². The number of benzene rings is 1. The molecule has 1 aromatic carbocycles. The molecule has 0 bridgehead atoms. The van der Waals surface area contributed by atoms with Crippen molar-refractivity contribution in [1.82, 2.24) is 0 Å². The van der Waals surface area contributed by atoms with E-state index in [1.165, 1.54) is 6.08 Å². The van der Waals surface area contributed by atoms with E-state index in [9.17, 15) is 9.59 Å². The predicted molar refractivity (Wildman–Crippen MR) is 75.9 cm³/mol. The molecule has 0 fully saturated rings. The normalized spacial score (nSPS) is 18.5. The number of hydrogen-bond donors (Lipinski definition) is 0. The van der Waals surface area contributed by atoms with Crippen LogP contribution in [-0.2, 0) is 9.53 Å². The van der Waals surface area contributed by atoms with Crippen LogP contribution in [0.25, 0.3) is 0 Å². The van der Waals surface area contributed by atoms with Crippen LogP contribution in [0.3, 0.4) is 0 Å². The van der Waals surface area contributed by atoms with E-state index in [4.69, 9.17) is 9.15 Å². The molecule has 106 valence electrons. The zero-order chi connectivity index (χ0) is 14.7. The van der Waals surface area contributed by atoms with Crippen molar-refractivity contribution >= 4 is 11.8 Å². The lowest BCUT2D eigenvalue weighted by Gasteiger charge is -2.19. The molecule has 4 heteroatoms. The van der Waals surface area contributed by atoms with Crippen LogP contribution in [0.5, 0.6) is 0 Å². The topological polar surface area (TPSA) is 56.5 Å². The minimum atomic E-state index is -0.462. The van der Waals surface area contributed by atoms with E-state index in [2.05, 4.69) is 0 Å². The Morgan fingerprint density at radius 1 is 1.14 bits per heavy atom. The Morgan fingerprint density at radius 2 is 1.95 bits per heavy atom. The Bertz CT molecular complexity index is 655. The Hall–Kier alpha value is -2.62. The van der Waals surface area contributed by atoms with Crippen LogP contribution >= 0.6 is 0 Å². The highest BCUT2D eigenvalue weighted by Gasteiger charge is 2.31. The van der Waals surface area contributed by atoms with Crippen LogP contribution in [0, 0.1) is 0 Å². The first kappa shape index (κ1) is 13.4. The number of cyclic esters (lactones) is 1. The molecule has 0 amide bonds. The van der Waals surface area contributed by atoms with Gasteiger partial charge >= 0.3 is 5.97 Å². The first-order valence-electron chi connectivity index (χ1n) is 6.74. The molecule has 0 aliphatic carbocycles. The molecule has 0 unspecified atom stereocenters. The van der Waals surface area contributed by atoms with E-state index in [-0.39, 0.29) is 24.1 Å². The van der Waals surface area contributed by atoms with Crippen LogP contribution in [0.2, 0.25) is 0 Å². The number of Topliss-reactive ketones (excluding diaryl/α,β-unsaturated/α-hetero) is 1. The van der Waals surface area contributed by atoms with Crippen molar-refractivity contribution in [2.75, 3.05) is 0 Å². The fourth-order valence-electron chi connectivity index (χ4n) is 2.42. The van der Waals surface area contributed by atoms with Gasteiger partial charge in [0, 0.05) is 18.1 Å². The molecule has 1 aliphatic heterocycles. The summed E-state index contributed by atoms with van der Waals surface area (Å²) in [5.41, 5.74) is 0.641. The summed E-state index contributed by atoms with van der Waals surface area (Å²) in [5, 5.41) is 0. The SMILES string of the molecule is O=C1C=C[C@H]([C@@H](CC(=O)c2ccccc2)c2ccco2)O1. The standard InChI is InChI=1S/C17H14O4/c18-14(12-5-2-1-3-6-12)11-13(15-7-4-10-20-15)16-8-9-17(19)21-16/h1-10,13,16H,11H2/t13-,16+/m0/s1. The van der Waals surface area contributed by atoms with Crippen LogP contribution < -0.4 is 0 Å². The fraction of sp³-hybridized carbons (Fsp3) is 0.176. The summed E-state index contributed by atoms with van der Waals surface area (Å²) >= 11 is 0. The highest BCUT2D eigenvalue weighted by Crippen LogP contribution is 2.30. The first-order valence-corrected chi connectivity index (χ1v) is 6.74. The molecule has 3 rings (SSSR count). The maximum absolute atomic E-state index is 12.4. The van der Waals surface area contributed by atoms with Crippen molar-refractivity contribution in [3.05, 3.63) is 72.2 Å². The van der Waals surface area contributed by atoms with Crippen molar-refractivity contribution in [3.63, 3.8) is 0 Å². The first-order chi connectivity index (χ1) is 10.2. The van der Waals surface area contributed by atoms with Gasteiger partial charge < -0.3 is 9.15 Å². The zero-order valence-corrected chi connectivity index (χ0v) is 11.3. The molecular formula is C17H14O4. The largest absolute Gasteiger partial charge is 0.469 e. The second-order valence-electron chi connectivity index (χ2n) is 4.88. The third kappa shape index (κ3) is 2.94. The van der Waals surface area contributed by atoms with Gasteiger partial charge in [0.15, 0.2) is 5.78 Å². The molecule has 4 nitrogen and oxygen atoms in total. The van der Waals surface area contributed by atoms with Crippen molar-refractivity contribution < 1.29 is 18.7 Å². The average Bonchev–Trinajstić information content (AvgIpc) is 3.17. The third-order valence-electron chi connectivity index (χ3n) is 3.48. The number of carbonyl (C=O) groups is 2. The van der Waals surface area contributed by atoms with E-state index < -0.39 is 6.10 Å². The van der Waals surface area contributed by atoms with Crippen molar-refractivity contribution in [3.8, 4) is 0 Å². The molecule has 2 aromatic rings. The van der Waals surface area contributed by atoms with E-state index in [1.54, 1.807) is 36.6 Å². The van der Waals surface area contributed by atoms with Gasteiger partial charge in [-0.05, 0) is 18.2 Å². The fourth-order valence-corrected chi connectivity index (χ4v) is 2.42. The summed E-state index contributed by atoms with van der Waals surface area (Å²) in [4.78, 5) is 23.6. The maximum Gasteiger partial charge on any atom is 0.331 e. The lowest BCUT2D eigenvalue weighted by Crippen LogP contribution is -2.21. The Balaban J connectivity index is 1.82. The molecule has 2 heterocycles. The average molecular weight is 282 g/mol. The van der Waals surface area contributed by atoms with Gasteiger partial charge in [-0.3, -0.25) is 4.79 Å². The summed E-state index contributed by atoms with van der Waals surface area (Å²) in [6.45, 7) is 0. The summed E-state index contributed by atoms with van der Waals surface area (Å²) in [5.74, 6) is -0.0592. The van der Waals surface area contributed by atoms with Gasteiger partial charge in [-0.25, -0.2) is 4.79 Å². The number of furan rings is 1. The van der Waals surface area contributed by atoms with Crippen molar-refractivity contribution in [2.24, 2.45) is 0 Å². The smallest absolute Gasteiger partial charge is 0.331 e. The molecule has 0 saturated carbocycles. The zero-order valence-electron chi connectivity index (χ0n) is 11.3. The van der Waals surface area contributed by atoms with Crippen LogP contribution in [0.1, 0.15) is 28.5 Å². The number of esters is 1. The van der Waals surface area contributed by atoms with Crippen molar-refractivity contribution in [2.45, 2.75) is 18.4 Å². The van der Waals surface area contributed by atoms with Gasteiger partial charge in [-0.1, -0.05) is 30.3 Å². The van der Waals surface area contributed by atoms with Crippen LogP contribution in [-0.4, -0.2) is 17.9 Å². The molecule has 2 atom stereocenters. The summed E-state index contributed by atoms with van der Waals surface area (Å²) in [7, 11) is 0. The van der Waals surface area contributed by atoms with E-state index in [1.807, 2.05) is 18.2 Å². The predicted octanol–water partition coefficient (Wildman–Crippen LogP) is 3.12. The van der Waals surface area contributed by atoms with Gasteiger partial charge in [0.2, 0.25) is 0 Å². The molecule has 1 aromatic heterocycles.